The quantitative estimate of drug-likeness (QED) is 0.719. The fraction of sp³-hybridized carbons (Fsp3) is 0.353. The second kappa shape index (κ2) is 5.90. The van der Waals surface area contributed by atoms with Crippen molar-refractivity contribution in [1.29, 1.82) is 0 Å². The Morgan fingerprint density at radius 1 is 1.27 bits per heavy atom. The summed E-state index contributed by atoms with van der Waals surface area (Å²) in [5.41, 5.74) is 6.84. The van der Waals surface area contributed by atoms with E-state index in [2.05, 4.69) is 4.98 Å². The van der Waals surface area contributed by atoms with Gasteiger partial charge in [0.05, 0.1) is 11.2 Å². The molecule has 0 fully saturated rings. The van der Waals surface area contributed by atoms with Crippen LogP contribution < -0.4 is 16.2 Å². The van der Waals surface area contributed by atoms with Gasteiger partial charge in [-0.05, 0) is 37.3 Å². The molecule has 26 heavy (non-hydrogen) atoms. The Kier molecular flexibility index (Phi) is 4.21. The Bertz CT molecular complexity index is 837. The topological polar surface area (TPSA) is 94.4 Å². The summed E-state index contributed by atoms with van der Waals surface area (Å²) in [6, 6.07) is 6.06. The number of nitrogens with zero attached hydrogens (tertiary/aromatic N) is 1. The van der Waals surface area contributed by atoms with Gasteiger partial charge in [-0.1, -0.05) is 0 Å². The van der Waals surface area contributed by atoms with Crippen molar-refractivity contribution < 1.29 is 27.4 Å². The molecule has 9 heteroatoms. The van der Waals surface area contributed by atoms with E-state index in [1.54, 1.807) is 6.92 Å². The fourth-order valence-electron chi connectivity index (χ4n) is 2.78. The Morgan fingerprint density at radius 3 is 2.42 bits per heavy atom. The van der Waals surface area contributed by atoms with Crippen LogP contribution in [0.1, 0.15) is 18.2 Å². The van der Waals surface area contributed by atoms with Crippen molar-refractivity contribution in [2.75, 3.05) is 13.2 Å². The summed E-state index contributed by atoms with van der Waals surface area (Å²) in [6.45, 7) is 0.494. The fourth-order valence-corrected chi connectivity index (χ4v) is 2.78. The average Bonchev–Trinajstić information content (AvgIpc) is 2.88. The Balaban J connectivity index is 2.29. The molecular formula is C17H17F4N3O2. The SMILES string of the molecule is C[C@@]1(N)COc2c1cc(C(O)(CN)C(F)(F)F)nc2-c1ccc(F)cc1. The molecule has 140 valence electrons. The van der Waals surface area contributed by atoms with Crippen molar-refractivity contribution in [2.45, 2.75) is 24.2 Å². The number of alkyl halides is 3. The van der Waals surface area contributed by atoms with E-state index in [0.717, 1.165) is 18.2 Å². The number of ether oxygens (including phenoxy) is 1. The minimum absolute atomic E-state index is 0.0226. The Morgan fingerprint density at radius 2 is 1.88 bits per heavy atom. The number of pyridine rings is 1. The van der Waals surface area contributed by atoms with E-state index >= 15 is 0 Å². The van der Waals surface area contributed by atoms with Crippen LogP contribution in [0.3, 0.4) is 0 Å². The Hall–Kier alpha value is -2.23. The first-order valence-corrected chi connectivity index (χ1v) is 7.72. The summed E-state index contributed by atoms with van der Waals surface area (Å²) in [4.78, 5) is 3.97. The van der Waals surface area contributed by atoms with Gasteiger partial charge >= 0.3 is 6.18 Å². The maximum Gasteiger partial charge on any atom is 0.424 e. The lowest BCUT2D eigenvalue weighted by atomic mass is 9.89. The van der Waals surface area contributed by atoms with Crippen molar-refractivity contribution in [2.24, 2.45) is 11.5 Å². The van der Waals surface area contributed by atoms with Gasteiger partial charge in [0.2, 0.25) is 5.60 Å². The first-order valence-electron chi connectivity index (χ1n) is 7.72. The molecule has 2 atom stereocenters. The number of fused-ring (bicyclic) bond motifs is 1. The molecule has 0 saturated carbocycles. The molecule has 1 aromatic heterocycles. The van der Waals surface area contributed by atoms with Crippen molar-refractivity contribution in [1.82, 2.24) is 4.98 Å². The van der Waals surface area contributed by atoms with Gasteiger partial charge in [0.25, 0.3) is 0 Å². The summed E-state index contributed by atoms with van der Waals surface area (Å²) in [7, 11) is 0. The monoisotopic (exact) mass is 371 g/mol. The molecule has 2 aromatic rings. The molecule has 0 spiro atoms. The molecule has 1 aromatic carbocycles. The molecule has 2 heterocycles. The number of halogens is 4. The van der Waals surface area contributed by atoms with Gasteiger partial charge < -0.3 is 21.3 Å². The lowest BCUT2D eigenvalue weighted by Gasteiger charge is -2.30. The smallest absolute Gasteiger partial charge is 0.424 e. The third kappa shape index (κ3) is 2.81. The van der Waals surface area contributed by atoms with E-state index in [1.807, 2.05) is 0 Å². The van der Waals surface area contributed by atoms with Gasteiger partial charge in [0.15, 0.2) is 5.75 Å². The van der Waals surface area contributed by atoms with Crippen LogP contribution in [0.4, 0.5) is 17.6 Å². The van der Waals surface area contributed by atoms with Crippen LogP contribution in [0.15, 0.2) is 30.3 Å². The minimum atomic E-state index is -5.05. The van der Waals surface area contributed by atoms with Crippen LogP contribution in [0, 0.1) is 5.82 Å². The molecule has 0 radical (unpaired) electrons. The first-order chi connectivity index (χ1) is 12.0. The molecule has 1 unspecified atom stereocenters. The number of rotatable bonds is 3. The predicted octanol–water partition coefficient (Wildman–Crippen LogP) is 2.16. The predicted molar refractivity (Wildman–Crippen MR) is 85.7 cm³/mol. The number of hydrogen-bond acceptors (Lipinski definition) is 5. The van der Waals surface area contributed by atoms with Gasteiger partial charge in [-0.3, -0.25) is 0 Å². The summed E-state index contributed by atoms with van der Waals surface area (Å²) in [6.07, 6.45) is -5.05. The van der Waals surface area contributed by atoms with Gasteiger partial charge in [-0.2, -0.15) is 13.2 Å². The third-order valence-electron chi connectivity index (χ3n) is 4.41. The van der Waals surface area contributed by atoms with E-state index in [0.29, 0.717) is 5.56 Å². The van der Waals surface area contributed by atoms with Crippen LogP contribution >= 0.6 is 0 Å². The highest BCUT2D eigenvalue weighted by Gasteiger charge is 2.56. The zero-order valence-corrected chi connectivity index (χ0v) is 13.8. The summed E-state index contributed by atoms with van der Waals surface area (Å²) >= 11 is 0. The number of aliphatic hydroxyl groups is 1. The second-order valence-corrected chi connectivity index (χ2v) is 6.51. The standard InChI is InChI=1S/C17H17F4N3O2/c1-15(23)8-26-14-11(15)6-12(16(25,7-22)17(19,20)21)24-13(14)9-2-4-10(18)5-3-9/h2-6,25H,7-8,22-23H2,1H3/t15-,16?/m1/s1. The number of aromatic nitrogens is 1. The molecule has 5 N–H and O–H groups in total. The number of benzene rings is 1. The van der Waals surface area contributed by atoms with Gasteiger partial charge in [-0.15, -0.1) is 0 Å². The molecule has 0 saturated heterocycles. The first kappa shape index (κ1) is 18.6. The summed E-state index contributed by atoms with van der Waals surface area (Å²) in [5.74, 6) is -0.313. The zero-order valence-electron chi connectivity index (χ0n) is 13.8. The van der Waals surface area contributed by atoms with Crippen LogP contribution in [-0.2, 0) is 11.1 Å². The molecule has 1 aliphatic heterocycles. The zero-order chi connectivity index (χ0) is 19.3. The van der Waals surface area contributed by atoms with E-state index < -0.39 is 35.4 Å². The van der Waals surface area contributed by atoms with Crippen molar-refractivity contribution >= 4 is 0 Å². The lowest BCUT2D eigenvalue weighted by Crippen LogP contribution is -2.49. The second-order valence-electron chi connectivity index (χ2n) is 6.51. The van der Waals surface area contributed by atoms with E-state index in [1.165, 1.54) is 12.1 Å². The van der Waals surface area contributed by atoms with E-state index in [4.69, 9.17) is 16.2 Å². The highest BCUT2D eigenvalue weighted by Crippen LogP contribution is 2.45. The van der Waals surface area contributed by atoms with Crippen LogP contribution in [-0.4, -0.2) is 29.4 Å². The summed E-state index contributed by atoms with van der Waals surface area (Å²) in [5, 5.41) is 10.2. The maximum atomic E-state index is 13.4. The number of nitrogens with two attached hydrogens (primary N) is 2. The van der Waals surface area contributed by atoms with Crippen LogP contribution in [0.5, 0.6) is 5.75 Å². The van der Waals surface area contributed by atoms with Crippen LogP contribution in [0.25, 0.3) is 11.3 Å². The van der Waals surface area contributed by atoms with Crippen molar-refractivity contribution in [3.63, 3.8) is 0 Å². The minimum Gasteiger partial charge on any atom is -0.489 e. The summed E-state index contributed by atoms with van der Waals surface area (Å²) < 4.78 is 59.1. The third-order valence-corrected chi connectivity index (χ3v) is 4.41. The lowest BCUT2D eigenvalue weighted by molar-refractivity contribution is -0.263. The molecular weight excluding hydrogens is 354 g/mol. The normalized spacial score (nSPS) is 21.8. The highest BCUT2D eigenvalue weighted by atomic mass is 19.4. The van der Waals surface area contributed by atoms with Gasteiger partial charge in [0.1, 0.15) is 18.1 Å². The largest absolute Gasteiger partial charge is 0.489 e. The van der Waals surface area contributed by atoms with Crippen molar-refractivity contribution in [3.05, 3.63) is 47.4 Å². The Labute approximate surface area is 146 Å². The maximum absolute atomic E-state index is 13.4. The molecule has 0 aliphatic carbocycles. The van der Waals surface area contributed by atoms with Gasteiger partial charge in [0, 0.05) is 17.7 Å². The van der Waals surface area contributed by atoms with Crippen molar-refractivity contribution in [3.8, 4) is 17.0 Å². The van der Waals surface area contributed by atoms with Gasteiger partial charge in [-0.25, -0.2) is 9.37 Å². The molecule has 5 nitrogen and oxygen atoms in total. The molecule has 0 amide bonds. The number of hydrogen-bond donors (Lipinski definition) is 3. The molecule has 0 bridgehead atoms. The van der Waals surface area contributed by atoms with E-state index in [-0.39, 0.29) is 23.6 Å². The molecule has 1 aliphatic rings. The average molecular weight is 371 g/mol. The van der Waals surface area contributed by atoms with E-state index in [9.17, 15) is 22.7 Å². The highest BCUT2D eigenvalue weighted by molar-refractivity contribution is 5.70. The van der Waals surface area contributed by atoms with Crippen LogP contribution in [0.2, 0.25) is 0 Å². The molecule has 3 rings (SSSR count).